The maximum Gasteiger partial charge on any atom is 0.321 e. The highest BCUT2D eigenvalue weighted by atomic mass is 19.1. The largest absolute Gasteiger partial charge is 0.454 e. The van der Waals surface area contributed by atoms with Crippen LogP contribution in [0.1, 0.15) is 24.7 Å². The quantitative estimate of drug-likeness (QED) is 0.702. The zero-order valence-corrected chi connectivity index (χ0v) is 16.0. The fourth-order valence-electron chi connectivity index (χ4n) is 3.62. The second-order valence-electron chi connectivity index (χ2n) is 7.21. The normalized spacial score (nSPS) is 16.0. The molecule has 0 spiro atoms. The lowest BCUT2D eigenvalue weighted by molar-refractivity contribution is 0.174. The Kier molecular flexibility index (Phi) is 4.70. The number of ether oxygens (including phenoxy) is 2. The topological polar surface area (TPSA) is 89.7 Å². The van der Waals surface area contributed by atoms with Crippen molar-refractivity contribution in [2.24, 2.45) is 0 Å². The number of nitrogens with zero attached hydrogens (tertiary/aromatic N) is 3. The van der Waals surface area contributed by atoms with Crippen molar-refractivity contribution in [2.45, 2.75) is 18.8 Å². The summed E-state index contributed by atoms with van der Waals surface area (Å²) in [6.45, 7) is 1.35. The molecule has 1 fully saturated rings. The van der Waals surface area contributed by atoms with E-state index in [1.807, 2.05) is 0 Å². The summed E-state index contributed by atoms with van der Waals surface area (Å²) in [6, 6.07) is 11.1. The highest BCUT2D eigenvalue weighted by Crippen LogP contribution is 2.34. The number of aromatic nitrogens is 2. The summed E-state index contributed by atoms with van der Waals surface area (Å²) in [7, 11) is 0. The van der Waals surface area contributed by atoms with Crippen molar-refractivity contribution < 1.29 is 23.1 Å². The van der Waals surface area contributed by atoms with Crippen LogP contribution in [0.15, 0.2) is 46.9 Å². The molecule has 0 unspecified atom stereocenters. The minimum absolute atomic E-state index is 0.0845. The van der Waals surface area contributed by atoms with Gasteiger partial charge >= 0.3 is 6.03 Å². The average molecular weight is 410 g/mol. The Bertz CT molecular complexity index is 1060. The second-order valence-corrected chi connectivity index (χ2v) is 7.21. The lowest BCUT2D eigenvalue weighted by atomic mass is 9.97. The molecule has 30 heavy (non-hydrogen) atoms. The molecule has 0 bridgehead atoms. The molecule has 8 nitrogen and oxygen atoms in total. The Morgan fingerprint density at radius 3 is 2.60 bits per heavy atom. The van der Waals surface area contributed by atoms with Gasteiger partial charge in [0.15, 0.2) is 11.5 Å². The number of hydrogen-bond donors (Lipinski definition) is 1. The van der Waals surface area contributed by atoms with E-state index in [0.717, 1.165) is 12.8 Å². The van der Waals surface area contributed by atoms with Crippen molar-refractivity contribution in [2.75, 3.05) is 25.2 Å². The fraction of sp³-hybridized carbons (Fsp3) is 0.286. The Morgan fingerprint density at radius 2 is 1.80 bits per heavy atom. The minimum Gasteiger partial charge on any atom is -0.454 e. The molecule has 3 aromatic rings. The first-order chi connectivity index (χ1) is 14.7. The van der Waals surface area contributed by atoms with E-state index in [1.54, 1.807) is 35.2 Å². The number of carbonyl (C=O) groups is 1. The summed E-state index contributed by atoms with van der Waals surface area (Å²) in [4.78, 5) is 14.4. The molecular formula is C21H19FN4O4. The number of halogens is 1. The number of urea groups is 1. The van der Waals surface area contributed by atoms with Gasteiger partial charge in [-0.3, -0.25) is 0 Å². The Labute approximate surface area is 171 Å². The van der Waals surface area contributed by atoms with Crippen LogP contribution in [0.25, 0.3) is 11.5 Å². The zero-order chi connectivity index (χ0) is 20.5. The van der Waals surface area contributed by atoms with Crippen LogP contribution in [0.3, 0.4) is 0 Å². The summed E-state index contributed by atoms with van der Waals surface area (Å²) in [5.74, 6) is 1.98. The lowest BCUT2D eigenvalue weighted by Crippen LogP contribution is -2.40. The third-order valence-corrected chi connectivity index (χ3v) is 5.29. The summed E-state index contributed by atoms with van der Waals surface area (Å²) in [5, 5.41) is 11.1. The van der Waals surface area contributed by atoms with E-state index in [-0.39, 0.29) is 24.6 Å². The van der Waals surface area contributed by atoms with E-state index < -0.39 is 0 Å². The van der Waals surface area contributed by atoms with Gasteiger partial charge in [0.2, 0.25) is 18.6 Å². The van der Waals surface area contributed by atoms with Crippen LogP contribution in [0, 0.1) is 5.82 Å². The first-order valence-electron chi connectivity index (χ1n) is 9.70. The van der Waals surface area contributed by atoms with Crippen LogP contribution < -0.4 is 14.8 Å². The Morgan fingerprint density at radius 1 is 1.03 bits per heavy atom. The summed E-state index contributed by atoms with van der Waals surface area (Å²) in [6.07, 6.45) is 1.44. The van der Waals surface area contributed by atoms with Gasteiger partial charge in [-0.25, -0.2) is 9.18 Å². The molecule has 1 N–H and O–H groups in total. The van der Waals surface area contributed by atoms with Gasteiger partial charge in [-0.05, 0) is 49.2 Å². The average Bonchev–Trinajstić information content (AvgIpc) is 3.44. The third kappa shape index (κ3) is 3.66. The van der Waals surface area contributed by atoms with Crippen LogP contribution in [-0.2, 0) is 0 Å². The highest BCUT2D eigenvalue weighted by molar-refractivity contribution is 5.89. The first-order valence-corrected chi connectivity index (χ1v) is 9.70. The van der Waals surface area contributed by atoms with E-state index in [9.17, 15) is 9.18 Å². The van der Waals surface area contributed by atoms with Crippen molar-refractivity contribution in [3.8, 4) is 23.0 Å². The molecule has 154 valence electrons. The number of piperidine rings is 1. The van der Waals surface area contributed by atoms with Gasteiger partial charge in [0, 0.05) is 36.3 Å². The molecular weight excluding hydrogens is 391 g/mol. The second kappa shape index (κ2) is 7.66. The molecule has 0 saturated carbocycles. The van der Waals surface area contributed by atoms with Crippen molar-refractivity contribution in [3.63, 3.8) is 0 Å². The maximum atomic E-state index is 13.1. The highest BCUT2D eigenvalue weighted by Gasteiger charge is 2.28. The Hall–Kier alpha value is -3.62. The Balaban J connectivity index is 1.18. The number of hydrogen-bond acceptors (Lipinski definition) is 6. The van der Waals surface area contributed by atoms with Gasteiger partial charge in [0.05, 0.1) is 0 Å². The van der Waals surface area contributed by atoms with Crippen molar-refractivity contribution in [3.05, 3.63) is 54.2 Å². The molecule has 9 heteroatoms. The van der Waals surface area contributed by atoms with Crippen LogP contribution in [0.2, 0.25) is 0 Å². The standard InChI is InChI=1S/C21H19FN4O4/c22-15-3-1-13(2-4-15)19-24-25-20(30-19)14-7-9-26(10-8-14)21(27)23-16-5-6-17-18(11-16)29-12-28-17/h1-6,11,14H,7-10,12H2,(H,23,27). The molecule has 0 radical (unpaired) electrons. The molecule has 0 aliphatic carbocycles. The fourth-order valence-corrected chi connectivity index (χ4v) is 3.62. The third-order valence-electron chi connectivity index (χ3n) is 5.29. The number of rotatable bonds is 3. The summed E-state index contributed by atoms with van der Waals surface area (Å²) in [5.41, 5.74) is 1.34. The maximum absolute atomic E-state index is 13.1. The van der Waals surface area contributed by atoms with Crippen LogP contribution in [0.5, 0.6) is 11.5 Å². The number of amides is 2. The lowest BCUT2D eigenvalue weighted by Gasteiger charge is -2.30. The number of carbonyl (C=O) groups excluding carboxylic acids is 1. The molecule has 5 rings (SSSR count). The zero-order valence-electron chi connectivity index (χ0n) is 16.0. The van der Waals surface area contributed by atoms with Gasteiger partial charge in [0.25, 0.3) is 0 Å². The van der Waals surface area contributed by atoms with Gasteiger partial charge in [-0.2, -0.15) is 0 Å². The number of nitrogens with one attached hydrogen (secondary N) is 1. The van der Waals surface area contributed by atoms with E-state index in [4.69, 9.17) is 13.9 Å². The number of fused-ring (bicyclic) bond motifs is 1. The van der Waals surface area contributed by atoms with E-state index in [0.29, 0.717) is 47.6 Å². The van der Waals surface area contributed by atoms with Gasteiger partial charge in [-0.15, -0.1) is 10.2 Å². The van der Waals surface area contributed by atoms with Crippen LogP contribution >= 0.6 is 0 Å². The molecule has 2 aliphatic heterocycles. The minimum atomic E-state index is -0.315. The van der Waals surface area contributed by atoms with Crippen molar-refractivity contribution >= 4 is 11.7 Å². The number of likely N-dealkylation sites (tertiary alicyclic amines) is 1. The van der Waals surface area contributed by atoms with Gasteiger partial charge in [-0.1, -0.05) is 0 Å². The van der Waals surface area contributed by atoms with E-state index >= 15 is 0 Å². The van der Waals surface area contributed by atoms with Crippen molar-refractivity contribution in [1.29, 1.82) is 0 Å². The molecule has 3 heterocycles. The van der Waals surface area contributed by atoms with Gasteiger partial charge < -0.3 is 24.1 Å². The SMILES string of the molecule is O=C(Nc1ccc2c(c1)OCO2)N1CCC(c2nnc(-c3ccc(F)cc3)o2)CC1. The molecule has 1 aromatic heterocycles. The first kappa shape index (κ1) is 18.4. The predicted octanol–water partition coefficient (Wildman–Crippen LogP) is 4.02. The van der Waals surface area contributed by atoms with Gasteiger partial charge in [0.1, 0.15) is 5.82 Å². The van der Waals surface area contributed by atoms with Crippen LogP contribution in [-0.4, -0.2) is 41.0 Å². The van der Waals surface area contributed by atoms with E-state index in [2.05, 4.69) is 15.5 Å². The smallest absolute Gasteiger partial charge is 0.321 e. The molecule has 2 aliphatic rings. The summed E-state index contributed by atoms with van der Waals surface area (Å²) < 4.78 is 29.5. The summed E-state index contributed by atoms with van der Waals surface area (Å²) >= 11 is 0. The molecule has 0 atom stereocenters. The number of anilines is 1. The monoisotopic (exact) mass is 410 g/mol. The van der Waals surface area contributed by atoms with Crippen LogP contribution in [0.4, 0.5) is 14.9 Å². The van der Waals surface area contributed by atoms with Crippen molar-refractivity contribution in [1.82, 2.24) is 15.1 Å². The molecule has 1 saturated heterocycles. The number of benzene rings is 2. The molecule has 2 amide bonds. The van der Waals surface area contributed by atoms with E-state index in [1.165, 1.54) is 12.1 Å². The molecule has 2 aromatic carbocycles. The predicted molar refractivity (Wildman–Crippen MR) is 105 cm³/mol.